The fraction of sp³-hybridized carbons (Fsp3) is 0.121. The Labute approximate surface area is 254 Å². The maximum absolute atomic E-state index is 13.9. The Bertz CT molecular complexity index is 1800. The maximum atomic E-state index is 13.9. The van der Waals surface area contributed by atoms with Gasteiger partial charge in [0, 0.05) is 28.2 Å². The number of hydrogen-bond donors (Lipinski definition) is 0. The summed E-state index contributed by atoms with van der Waals surface area (Å²) in [6.07, 6.45) is 0. The molecule has 11 heteroatoms. The molecule has 2 aliphatic heterocycles. The van der Waals surface area contributed by atoms with E-state index < -0.39 is 0 Å². The van der Waals surface area contributed by atoms with Crippen molar-refractivity contribution in [2.45, 2.75) is 0 Å². The normalized spacial score (nSPS) is 14.0. The lowest BCUT2D eigenvalue weighted by Crippen LogP contribution is -2.33. The van der Waals surface area contributed by atoms with E-state index in [1.165, 1.54) is 4.90 Å². The first-order valence-corrected chi connectivity index (χ1v) is 13.8. The zero-order valence-corrected chi connectivity index (χ0v) is 24.6. The van der Waals surface area contributed by atoms with Crippen LogP contribution in [0.5, 0.6) is 0 Å². The molecule has 0 fully saturated rings. The first kappa shape index (κ1) is 28.3. The minimum Gasteiger partial charge on any atom is -0.412 e. The molecule has 0 spiro atoms. The van der Waals surface area contributed by atoms with Crippen LogP contribution in [0.3, 0.4) is 0 Å². The molecular weight excluding hydrogens is 556 g/mol. The summed E-state index contributed by atoms with van der Waals surface area (Å²) in [6, 6.07) is 29.9. The van der Waals surface area contributed by atoms with Crippen LogP contribution >= 0.6 is 0 Å². The van der Waals surface area contributed by atoms with Crippen molar-refractivity contribution >= 4 is 63.8 Å². The van der Waals surface area contributed by atoms with Gasteiger partial charge in [0.25, 0.3) is 11.8 Å². The van der Waals surface area contributed by atoms with E-state index in [-0.39, 0.29) is 17.3 Å². The molecule has 220 valence electrons. The van der Waals surface area contributed by atoms with Crippen LogP contribution in [0.15, 0.2) is 97.1 Å². The third-order valence-corrected chi connectivity index (χ3v) is 7.95. The Morgan fingerprint density at radius 1 is 0.432 bits per heavy atom. The third kappa shape index (κ3) is 4.38. The second-order valence-electron chi connectivity index (χ2n) is 10.4. The van der Waals surface area contributed by atoms with Crippen LogP contribution in [-0.4, -0.2) is 60.4 Å². The van der Waals surface area contributed by atoms with E-state index >= 15 is 0 Å². The van der Waals surface area contributed by atoms with Crippen LogP contribution in [0.2, 0.25) is 0 Å². The second-order valence-corrected chi connectivity index (χ2v) is 10.4. The van der Waals surface area contributed by atoms with E-state index in [4.69, 9.17) is 15.0 Å². The van der Waals surface area contributed by atoms with Gasteiger partial charge in [-0.1, -0.05) is 36.4 Å². The monoisotopic (exact) mass is 586 g/mol. The number of carbonyl (C=O) groups is 2. The van der Waals surface area contributed by atoms with Gasteiger partial charge in [0.2, 0.25) is 0 Å². The van der Waals surface area contributed by atoms with Crippen LogP contribution in [0.4, 0.5) is 52.0 Å². The minimum atomic E-state index is -0.377. The molecule has 2 N–H and O–H groups in total. The predicted octanol–water partition coefficient (Wildman–Crippen LogP) is 5.23. The Morgan fingerprint density at radius 3 is 1.11 bits per heavy atom. The van der Waals surface area contributed by atoms with Crippen molar-refractivity contribution in [3.63, 3.8) is 0 Å². The number of para-hydroxylation sites is 1. The SMILES string of the molecule is CN1c2cccc(n2)N(C)c2cccc(n2)N(C)c2cccc(c2N2C(=O)c3ccccc3C2=O)N(C)c2cccc1n2.O. The molecule has 3 aromatic heterocycles. The first-order valence-electron chi connectivity index (χ1n) is 13.8. The van der Waals surface area contributed by atoms with Gasteiger partial charge in [-0.15, -0.1) is 0 Å². The number of amides is 2. The molecule has 11 nitrogen and oxygen atoms in total. The summed E-state index contributed by atoms with van der Waals surface area (Å²) in [7, 11) is 7.59. The van der Waals surface area contributed by atoms with Gasteiger partial charge < -0.3 is 25.1 Å². The van der Waals surface area contributed by atoms with Crippen LogP contribution in [0, 0.1) is 0 Å². The van der Waals surface area contributed by atoms with Crippen molar-refractivity contribution in [3.8, 4) is 0 Å². The fourth-order valence-corrected chi connectivity index (χ4v) is 5.52. The highest BCUT2D eigenvalue weighted by atomic mass is 16.2. The van der Waals surface area contributed by atoms with Crippen LogP contribution in [0.1, 0.15) is 20.7 Å². The lowest BCUT2D eigenvalue weighted by atomic mass is 10.1. The molecule has 8 bridgehead atoms. The molecule has 7 rings (SSSR count). The van der Waals surface area contributed by atoms with Gasteiger partial charge in [0.05, 0.1) is 28.2 Å². The van der Waals surface area contributed by atoms with Gasteiger partial charge in [-0.2, -0.15) is 0 Å². The maximum Gasteiger partial charge on any atom is 0.266 e. The average molecular weight is 587 g/mol. The number of anilines is 9. The number of nitrogens with zero attached hydrogens (tertiary/aromatic N) is 8. The molecule has 2 aliphatic rings. The molecular formula is C33H30N8O3. The zero-order valence-electron chi connectivity index (χ0n) is 24.6. The van der Waals surface area contributed by atoms with Crippen molar-refractivity contribution in [1.82, 2.24) is 15.0 Å². The van der Waals surface area contributed by atoms with E-state index in [1.54, 1.807) is 24.3 Å². The lowest BCUT2D eigenvalue weighted by molar-refractivity contribution is 0.0926. The largest absolute Gasteiger partial charge is 0.412 e. The van der Waals surface area contributed by atoms with E-state index in [2.05, 4.69) is 0 Å². The van der Waals surface area contributed by atoms with Gasteiger partial charge in [0.15, 0.2) is 0 Å². The summed E-state index contributed by atoms with van der Waals surface area (Å²) in [4.78, 5) is 51.4. The number of pyridine rings is 3. The van der Waals surface area contributed by atoms with Crippen molar-refractivity contribution in [1.29, 1.82) is 0 Å². The van der Waals surface area contributed by atoms with Crippen LogP contribution in [-0.2, 0) is 0 Å². The summed E-state index contributed by atoms with van der Waals surface area (Å²) in [5.74, 6) is 3.29. The zero-order chi connectivity index (χ0) is 29.8. The summed E-state index contributed by atoms with van der Waals surface area (Å²) in [5.41, 5.74) is 2.45. The van der Waals surface area contributed by atoms with E-state index in [9.17, 15) is 9.59 Å². The molecule has 5 heterocycles. The van der Waals surface area contributed by atoms with Crippen LogP contribution in [0.25, 0.3) is 0 Å². The standard InChI is InChI=1S/C33H28N8O2.H2O/c1-37-23-13-7-14-24(31(23)41-32(42)21-11-5-6-12-22(21)33(41)43)38(2)26-16-9-18-28(35-26)40(4)30-20-10-19-29(36-30)39(3)27-17-8-15-25(37)34-27;/h5-20H,1-4H3;1H2. The summed E-state index contributed by atoms with van der Waals surface area (Å²) in [5, 5.41) is 0. The molecule has 0 aliphatic carbocycles. The van der Waals surface area contributed by atoms with E-state index in [1.807, 2.05) is 121 Å². The topological polar surface area (TPSA) is 121 Å². The smallest absolute Gasteiger partial charge is 0.266 e. The third-order valence-electron chi connectivity index (χ3n) is 7.95. The Morgan fingerprint density at radius 2 is 0.750 bits per heavy atom. The van der Waals surface area contributed by atoms with E-state index in [0.29, 0.717) is 63.1 Å². The van der Waals surface area contributed by atoms with Gasteiger partial charge >= 0.3 is 0 Å². The van der Waals surface area contributed by atoms with Crippen molar-refractivity contribution in [3.05, 3.63) is 108 Å². The average Bonchev–Trinajstić information content (AvgIpc) is 3.31. The number of imide groups is 1. The first-order chi connectivity index (χ1) is 20.8. The summed E-state index contributed by atoms with van der Waals surface area (Å²) in [6.45, 7) is 0. The molecule has 2 amide bonds. The van der Waals surface area contributed by atoms with Gasteiger partial charge in [0.1, 0.15) is 34.9 Å². The molecule has 0 saturated carbocycles. The minimum absolute atomic E-state index is 0. The number of fused-ring (bicyclic) bond motifs is 9. The Hall–Kier alpha value is -5.81. The molecule has 0 radical (unpaired) electrons. The van der Waals surface area contributed by atoms with Crippen molar-refractivity contribution < 1.29 is 15.1 Å². The molecule has 2 aromatic carbocycles. The highest BCUT2D eigenvalue weighted by Gasteiger charge is 2.40. The second kappa shape index (κ2) is 10.8. The molecule has 0 unspecified atom stereocenters. The number of carbonyl (C=O) groups excluding carboxylic acids is 2. The Kier molecular flexibility index (Phi) is 6.94. The van der Waals surface area contributed by atoms with Crippen molar-refractivity contribution in [2.75, 3.05) is 52.7 Å². The lowest BCUT2D eigenvalue weighted by Gasteiger charge is -2.31. The number of benzene rings is 2. The quantitative estimate of drug-likeness (QED) is 0.243. The van der Waals surface area contributed by atoms with Crippen LogP contribution < -0.4 is 24.5 Å². The predicted molar refractivity (Wildman–Crippen MR) is 173 cm³/mol. The van der Waals surface area contributed by atoms with Gasteiger partial charge in [-0.05, 0) is 60.7 Å². The number of hydrogen-bond acceptors (Lipinski definition) is 9. The molecule has 0 saturated heterocycles. The van der Waals surface area contributed by atoms with Crippen molar-refractivity contribution in [2.24, 2.45) is 0 Å². The fourth-order valence-electron chi connectivity index (χ4n) is 5.52. The summed E-state index contributed by atoms with van der Waals surface area (Å²) >= 11 is 0. The Balaban J connectivity index is 0.00000343. The highest BCUT2D eigenvalue weighted by molar-refractivity contribution is 6.36. The molecule has 5 aromatic rings. The van der Waals surface area contributed by atoms with Gasteiger partial charge in [-0.25, -0.2) is 19.9 Å². The highest BCUT2D eigenvalue weighted by Crippen LogP contribution is 2.45. The summed E-state index contributed by atoms with van der Waals surface area (Å²) < 4.78 is 0. The molecule has 0 atom stereocenters. The molecule has 44 heavy (non-hydrogen) atoms. The van der Waals surface area contributed by atoms with Gasteiger partial charge in [-0.3, -0.25) is 9.59 Å². The van der Waals surface area contributed by atoms with E-state index in [0.717, 1.165) is 0 Å². The number of aromatic nitrogens is 3. The number of rotatable bonds is 1.